The van der Waals surface area contributed by atoms with Crippen molar-refractivity contribution >= 4 is 45.8 Å². The van der Waals surface area contributed by atoms with Crippen molar-refractivity contribution < 1.29 is 9.53 Å². The molecule has 2 aliphatic rings. The molecular weight excluding hydrogens is 366 g/mol. The zero-order valence-corrected chi connectivity index (χ0v) is 16.4. The van der Waals surface area contributed by atoms with Crippen LogP contribution in [-0.4, -0.2) is 59.6 Å². The molecule has 0 bridgehead atoms. The van der Waals surface area contributed by atoms with E-state index in [1.165, 1.54) is 75.1 Å². The Morgan fingerprint density at radius 3 is 2.71 bits per heavy atom. The van der Waals surface area contributed by atoms with Crippen LogP contribution >= 0.6 is 34.7 Å². The minimum Gasteiger partial charge on any atom is -0.465 e. The van der Waals surface area contributed by atoms with E-state index in [1.807, 2.05) is 11.8 Å². The Kier molecular flexibility index (Phi) is 6.29. The summed E-state index contributed by atoms with van der Waals surface area (Å²) in [4.78, 5) is 19.0. The number of ether oxygens (including phenoxy) is 1. The molecule has 0 radical (unpaired) electrons. The number of carbonyl (C=O) groups excluding carboxylic acids is 1. The van der Waals surface area contributed by atoms with Gasteiger partial charge in [-0.25, -0.2) is 9.78 Å². The summed E-state index contributed by atoms with van der Waals surface area (Å²) in [5, 5.41) is 4.39. The number of thioether (sulfide) groups is 1. The highest BCUT2D eigenvalue weighted by Crippen LogP contribution is 2.36. The van der Waals surface area contributed by atoms with E-state index in [1.54, 1.807) is 0 Å². The summed E-state index contributed by atoms with van der Waals surface area (Å²) in [6, 6.07) is 0. The number of carbonyl (C=O) groups is 1. The number of thiazole rings is 1. The van der Waals surface area contributed by atoms with Crippen molar-refractivity contribution in [2.24, 2.45) is 0 Å². The van der Waals surface area contributed by atoms with E-state index in [9.17, 15) is 4.79 Å². The Hall–Kier alpha value is -0.500. The Morgan fingerprint density at radius 2 is 2.04 bits per heavy atom. The molecule has 1 saturated heterocycles. The summed E-state index contributed by atoms with van der Waals surface area (Å²) < 4.78 is 4.75. The van der Waals surface area contributed by atoms with Crippen molar-refractivity contribution in [3.8, 4) is 0 Å². The smallest absolute Gasteiger partial charge is 0.351 e. The van der Waals surface area contributed by atoms with Gasteiger partial charge in [-0.15, -0.1) is 0 Å². The second-order valence-electron chi connectivity index (χ2n) is 6.37. The number of anilines is 1. The standard InChI is InChI=1S/C16H24ClN3O2S2/c1-22-14(21)12-13(17)19-15(24-12)18-11-16(5-3-2-4-6-16)20-7-9-23-10-8-20/h2-11H2,1H3,(H,18,19). The first-order valence-corrected chi connectivity index (χ1v) is 10.8. The predicted octanol–water partition coefficient (Wildman–Crippen LogP) is 3.75. The molecular formula is C16H24ClN3O2S2. The van der Waals surface area contributed by atoms with Gasteiger partial charge in [-0.3, -0.25) is 4.90 Å². The molecule has 5 nitrogen and oxygen atoms in total. The molecule has 0 atom stereocenters. The maximum atomic E-state index is 11.7. The lowest BCUT2D eigenvalue weighted by atomic mass is 9.80. The van der Waals surface area contributed by atoms with Crippen molar-refractivity contribution in [1.82, 2.24) is 9.88 Å². The van der Waals surface area contributed by atoms with E-state index < -0.39 is 5.97 Å². The zero-order chi connectivity index (χ0) is 17.0. The number of methoxy groups -OCH3 is 1. The van der Waals surface area contributed by atoms with Crippen LogP contribution in [0.3, 0.4) is 0 Å². The second kappa shape index (κ2) is 8.25. The molecule has 1 aromatic heterocycles. The van der Waals surface area contributed by atoms with Crippen LogP contribution in [0.25, 0.3) is 0 Å². The molecule has 0 amide bonds. The topological polar surface area (TPSA) is 54.5 Å². The molecule has 134 valence electrons. The lowest BCUT2D eigenvalue weighted by Crippen LogP contribution is -2.57. The fourth-order valence-corrected chi connectivity index (χ4v) is 5.69. The molecule has 8 heteroatoms. The van der Waals surface area contributed by atoms with Crippen LogP contribution in [0.5, 0.6) is 0 Å². The molecule has 2 heterocycles. The van der Waals surface area contributed by atoms with Gasteiger partial charge in [0.05, 0.1) is 7.11 Å². The Bertz CT molecular complexity index is 570. The highest BCUT2D eigenvalue weighted by molar-refractivity contribution is 7.99. The number of nitrogens with one attached hydrogen (secondary N) is 1. The Balaban J connectivity index is 1.70. The maximum absolute atomic E-state index is 11.7. The molecule has 24 heavy (non-hydrogen) atoms. The van der Waals surface area contributed by atoms with E-state index in [4.69, 9.17) is 16.3 Å². The molecule has 2 fully saturated rings. The van der Waals surface area contributed by atoms with E-state index in [2.05, 4.69) is 15.2 Å². The number of nitrogens with zero attached hydrogens (tertiary/aromatic N) is 2. The van der Waals surface area contributed by atoms with Gasteiger partial charge in [0, 0.05) is 36.7 Å². The van der Waals surface area contributed by atoms with Crippen LogP contribution in [-0.2, 0) is 4.74 Å². The van der Waals surface area contributed by atoms with Gasteiger partial charge in [0.15, 0.2) is 15.2 Å². The van der Waals surface area contributed by atoms with E-state index in [-0.39, 0.29) is 10.7 Å². The molecule has 3 rings (SSSR count). The lowest BCUT2D eigenvalue weighted by molar-refractivity contribution is 0.0606. The quantitative estimate of drug-likeness (QED) is 0.774. The van der Waals surface area contributed by atoms with Gasteiger partial charge >= 0.3 is 5.97 Å². The fraction of sp³-hybridized carbons (Fsp3) is 0.750. The van der Waals surface area contributed by atoms with Crippen LogP contribution in [0.2, 0.25) is 5.15 Å². The largest absolute Gasteiger partial charge is 0.465 e. The Labute approximate surface area is 156 Å². The third-order valence-corrected chi connectivity index (χ3v) is 7.31. The van der Waals surface area contributed by atoms with Gasteiger partial charge in [-0.2, -0.15) is 11.8 Å². The molecule has 1 saturated carbocycles. The van der Waals surface area contributed by atoms with Crippen LogP contribution < -0.4 is 5.32 Å². The van der Waals surface area contributed by atoms with Crippen LogP contribution in [0.1, 0.15) is 41.8 Å². The molecule has 0 spiro atoms. The average molecular weight is 390 g/mol. The van der Waals surface area contributed by atoms with Gasteiger partial charge in [0.1, 0.15) is 0 Å². The number of rotatable bonds is 5. The van der Waals surface area contributed by atoms with Gasteiger partial charge in [0.25, 0.3) is 0 Å². The SMILES string of the molecule is COC(=O)c1sc(NCC2(N3CCSCC3)CCCCC2)nc1Cl. The molecule has 1 aromatic rings. The number of hydrogen-bond donors (Lipinski definition) is 1. The van der Waals surface area contributed by atoms with Gasteiger partial charge < -0.3 is 10.1 Å². The first-order valence-electron chi connectivity index (χ1n) is 8.46. The summed E-state index contributed by atoms with van der Waals surface area (Å²) in [5.41, 5.74) is 0.211. The molecule has 0 unspecified atom stereocenters. The summed E-state index contributed by atoms with van der Waals surface area (Å²) in [6.45, 7) is 3.19. The van der Waals surface area contributed by atoms with Crippen LogP contribution in [0.15, 0.2) is 0 Å². The highest BCUT2D eigenvalue weighted by Gasteiger charge is 2.38. The van der Waals surface area contributed by atoms with Crippen molar-refractivity contribution in [2.75, 3.05) is 43.6 Å². The van der Waals surface area contributed by atoms with Gasteiger partial charge in [0.2, 0.25) is 0 Å². The van der Waals surface area contributed by atoms with E-state index >= 15 is 0 Å². The van der Waals surface area contributed by atoms with Crippen molar-refractivity contribution in [2.45, 2.75) is 37.6 Å². The molecule has 1 N–H and O–H groups in total. The first-order chi connectivity index (χ1) is 11.6. The number of esters is 1. The number of halogens is 1. The summed E-state index contributed by atoms with van der Waals surface area (Å²) in [7, 11) is 1.36. The highest BCUT2D eigenvalue weighted by atomic mass is 35.5. The number of hydrogen-bond acceptors (Lipinski definition) is 7. The fourth-order valence-electron chi connectivity index (χ4n) is 3.69. The van der Waals surface area contributed by atoms with E-state index in [0.717, 1.165) is 6.54 Å². The normalized spacial score (nSPS) is 21.4. The average Bonchev–Trinajstić information content (AvgIpc) is 3.02. The number of aromatic nitrogens is 1. The van der Waals surface area contributed by atoms with E-state index in [0.29, 0.717) is 10.0 Å². The monoisotopic (exact) mass is 389 g/mol. The summed E-state index contributed by atoms with van der Waals surface area (Å²) in [6.07, 6.45) is 6.37. The second-order valence-corrected chi connectivity index (χ2v) is 8.95. The third-order valence-electron chi connectivity index (χ3n) is 4.99. The Morgan fingerprint density at radius 1 is 1.33 bits per heavy atom. The van der Waals surface area contributed by atoms with Crippen LogP contribution in [0.4, 0.5) is 5.13 Å². The zero-order valence-electron chi connectivity index (χ0n) is 14.0. The molecule has 1 aliphatic carbocycles. The lowest BCUT2D eigenvalue weighted by Gasteiger charge is -2.48. The third kappa shape index (κ3) is 4.00. The van der Waals surface area contributed by atoms with Crippen molar-refractivity contribution in [3.63, 3.8) is 0 Å². The summed E-state index contributed by atoms with van der Waals surface area (Å²) in [5.74, 6) is 2.01. The minimum atomic E-state index is -0.425. The molecule has 0 aromatic carbocycles. The first kappa shape index (κ1) is 18.3. The van der Waals surface area contributed by atoms with Crippen molar-refractivity contribution in [3.05, 3.63) is 10.0 Å². The molecule has 1 aliphatic heterocycles. The maximum Gasteiger partial charge on any atom is 0.351 e. The van der Waals surface area contributed by atoms with Crippen LogP contribution in [0, 0.1) is 0 Å². The van der Waals surface area contributed by atoms with Gasteiger partial charge in [-0.05, 0) is 12.8 Å². The van der Waals surface area contributed by atoms with Crippen molar-refractivity contribution in [1.29, 1.82) is 0 Å². The summed E-state index contributed by atoms with van der Waals surface area (Å²) >= 11 is 9.39. The minimum absolute atomic E-state index is 0.211. The van der Waals surface area contributed by atoms with Gasteiger partial charge in [-0.1, -0.05) is 42.2 Å². The predicted molar refractivity (Wildman–Crippen MR) is 102 cm³/mol.